The molecule has 2 heteroatoms. The molecule has 0 rings (SSSR count). The summed E-state index contributed by atoms with van der Waals surface area (Å²) in [6.07, 6.45) is 8.10. The van der Waals surface area contributed by atoms with Crippen molar-refractivity contribution in [3.05, 3.63) is 12.7 Å². The third kappa shape index (κ3) is 15.8. The van der Waals surface area contributed by atoms with Crippen LogP contribution in [0.4, 0.5) is 0 Å². The molecule has 0 aliphatic rings. The van der Waals surface area contributed by atoms with Crippen LogP contribution in [0.25, 0.3) is 0 Å². The van der Waals surface area contributed by atoms with Crippen molar-refractivity contribution in [3.63, 3.8) is 0 Å². The molecule has 0 aliphatic heterocycles. The highest BCUT2D eigenvalue weighted by molar-refractivity contribution is 5.85. The van der Waals surface area contributed by atoms with Gasteiger partial charge in [0.25, 0.3) is 0 Å². The van der Waals surface area contributed by atoms with Gasteiger partial charge in [-0.1, -0.05) is 38.8 Å². The molecule has 10 heavy (non-hydrogen) atoms. The van der Waals surface area contributed by atoms with Crippen LogP contribution in [-0.2, 0) is 0 Å². The molecule has 0 amide bonds. The van der Waals surface area contributed by atoms with Gasteiger partial charge in [-0.25, -0.2) is 0 Å². The lowest BCUT2D eigenvalue weighted by Crippen LogP contribution is -1.71. The van der Waals surface area contributed by atoms with Crippen LogP contribution >= 0.6 is 24.8 Å². The average molecular weight is 184 g/mol. The number of rotatable bonds is 5. The quantitative estimate of drug-likeness (QED) is 0.570. The molecule has 0 atom stereocenters. The van der Waals surface area contributed by atoms with Crippen molar-refractivity contribution in [3.8, 4) is 0 Å². The van der Waals surface area contributed by atoms with Crippen molar-refractivity contribution in [1.29, 1.82) is 0 Å². The first-order valence-corrected chi connectivity index (χ1v) is 3.45. The van der Waals surface area contributed by atoms with Crippen LogP contribution in [0.15, 0.2) is 6.08 Å². The largest absolute Gasteiger partial charge is 0.147 e. The first kappa shape index (κ1) is 16.7. The fraction of sp³-hybridized carbons (Fsp3) is 0.750. The summed E-state index contributed by atoms with van der Waals surface area (Å²) in [5, 5.41) is 0. The Labute approximate surface area is 76.9 Å². The van der Waals surface area contributed by atoms with Gasteiger partial charge in [-0.05, 0) is 12.8 Å². The Morgan fingerprint density at radius 3 is 2.10 bits per heavy atom. The highest BCUT2D eigenvalue weighted by Gasteiger charge is 1.81. The number of allylic oxidation sites excluding steroid dienone is 1. The molecule has 0 unspecified atom stereocenters. The zero-order chi connectivity index (χ0) is 6.24. The van der Waals surface area contributed by atoms with Crippen molar-refractivity contribution in [1.82, 2.24) is 0 Å². The van der Waals surface area contributed by atoms with Crippen LogP contribution in [0.5, 0.6) is 0 Å². The van der Waals surface area contributed by atoms with Gasteiger partial charge in [0, 0.05) is 0 Å². The van der Waals surface area contributed by atoms with Crippen LogP contribution in [0.1, 0.15) is 39.0 Å². The van der Waals surface area contributed by atoms with E-state index in [4.69, 9.17) is 6.58 Å². The molecule has 0 aromatic rings. The highest BCUT2D eigenvalue weighted by atomic mass is 35.5. The molecular formula is C8H17Cl2. The number of hydrogen-bond acceptors (Lipinski definition) is 0. The lowest BCUT2D eigenvalue weighted by Gasteiger charge is -1.91. The summed E-state index contributed by atoms with van der Waals surface area (Å²) in [5.41, 5.74) is 0. The Hall–Kier alpha value is 0.320. The van der Waals surface area contributed by atoms with Crippen molar-refractivity contribution >= 4 is 24.8 Å². The van der Waals surface area contributed by atoms with E-state index in [0.717, 1.165) is 6.42 Å². The van der Waals surface area contributed by atoms with Gasteiger partial charge in [0.2, 0.25) is 0 Å². The van der Waals surface area contributed by atoms with E-state index in [-0.39, 0.29) is 24.8 Å². The van der Waals surface area contributed by atoms with Gasteiger partial charge in [0.15, 0.2) is 0 Å². The van der Waals surface area contributed by atoms with Gasteiger partial charge in [0.05, 0.1) is 0 Å². The van der Waals surface area contributed by atoms with Gasteiger partial charge in [-0.2, -0.15) is 0 Å². The Bertz CT molecular complexity index is 53.2. The normalized spacial score (nSPS) is 7.30. The zero-order valence-electron chi connectivity index (χ0n) is 6.51. The summed E-state index contributed by atoms with van der Waals surface area (Å²) >= 11 is 0. The summed E-state index contributed by atoms with van der Waals surface area (Å²) in [6.45, 7) is 7.40. The van der Waals surface area contributed by atoms with E-state index in [0.29, 0.717) is 0 Å². The lowest BCUT2D eigenvalue weighted by molar-refractivity contribution is 0.674. The molecule has 0 bridgehead atoms. The van der Waals surface area contributed by atoms with E-state index in [1.165, 1.54) is 25.7 Å². The van der Waals surface area contributed by atoms with E-state index in [9.17, 15) is 0 Å². The predicted octanol–water partition coefficient (Wildman–Crippen LogP) is 3.79. The second-order valence-corrected chi connectivity index (χ2v) is 2.09. The average Bonchev–Trinajstić information content (AvgIpc) is 1.81. The van der Waals surface area contributed by atoms with E-state index >= 15 is 0 Å². The fourth-order valence-electron chi connectivity index (χ4n) is 0.689. The van der Waals surface area contributed by atoms with E-state index in [1.54, 1.807) is 6.08 Å². The Balaban J connectivity index is -0.000000245. The van der Waals surface area contributed by atoms with E-state index in [2.05, 4.69) is 6.92 Å². The van der Waals surface area contributed by atoms with E-state index < -0.39 is 0 Å². The third-order valence-corrected chi connectivity index (χ3v) is 1.22. The molecule has 0 nitrogen and oxygen atoms in total. The summed E-state index contributed by atoms with van der Waals surface area (Å²) in [7, 11) is 0. The molecule has 1 radical (unpaired) electrons. The number of halogens is 2. The van der Waals surface area contributed by atoms with Crippen LogP contribution < -0.4 is 0 Å². The highest BCUT2D eigenvalue weighted by Crippen LogP contribution is 2.01. The van der Waals surface area contributed by atoms with E-state index in [1.807, 2.05) is 0 Å². The van der Waals surface area contributed by atoms with Crippen molar-refractivity contribution in [2.45, 2.75) is 39.0 Å². The Morgan fingerprint density at radius 2 is 1.70 bits per heavy atom. The van der Waals surface area contributed by atoms with Crippen LogP contribution in [0.3, 0.4) is 0 Å². The summed E-state index contributed by atoms with van der Waals surface area (Å²) in [6, 6.07) is 0. The van der Waals surface area contributed by atoms with Crippen molar-refractivity contribution in [2.75, 3.05) is 0 Å². The smallest absolute Gasteiger partial charge is 0.0348 e. The van der Waals surface area contributed by atoms with Gasteiger partial charge >= 0.3 is 0 Å². The SMILES string of the molecule is Cl.Cl.[CH]=CCCCCCC. The Morgan fingerprint density at radius 1 is 1.10 bits per heavy atom. The second-order valence-electron chi connectivity index (χ2n) is 2.09. The first-order valence-electron chi connectivity index (χ1n) is 3.45. The monoisotopic (exact) mass is 183 g/mol. The maximum Gasteiger partial charge on any atom is -0.0348 e. The minimum Gasteiger partial charge on any atom is -0.147 e. The molecule has 0 aliphatic carbocycles. The van der Waals surface area contributed by atoms with Gasteiger partial charge < -0.3 is 0 Å². The molecule has 0 aromatic carbocycles. The number of unbranched alkanes of at least 4 members (excludes halogenated alkanes) is 4. The third-order valence-electron chi connectivity index (χ3n) is 1.22. The maximum absolute atomic E-state index is 5.19. The maximum atomic E-state index is 5.19. The standard InChI is InChI=1S/C8H15.2ClH/c1-3-5-7-8-6-4-2;;/h1,3H,4-8H2,2H3;2*1H. The summed E-state index contributed by atoms with van der Waals surface area (Å²) in [4.78, 5) is 0. The fourth-order valence-corrected chi connectivity index (χ4v) is 0.689. The minimum absolute atomic E-state index is 0. The molecule has 0 aromatic heterocycles. The lowest BCUT2D eigenvalue weighted by atomic mass is 10.2. The molecule has 0 fully saturated rings. The summed E-state index contributed by atoms with van der Waals surface area (Å²) in [5.74, 6) is 0. The molecule has 0 N–H and O–H groups in total. The molecule has 0 spiro atoms. The molecule has 0 saturated heterocycles. The first-order chi connectivity index (χ1) is 3.91. The molecule has 0 saturated carbocycles. The minimum atomic E-state index is 0. The Kier molecular flexibility index (Phi) is 27.0. The van der Waals surface area contributed by atoms with Crippen LogP contribution in [0.2, 0.25) is 0 Å². The predicted molar refractivity (Wildman–Crippen MR) is 52.1 cm³/mol. The van der Waals surface area contributed by atoms with Crippen molar-refractivity contribution in [2.24, 2.45) is 0 Å². The topological polar surface area (TPSA) is 0 Å². The second kappa shape index (κ2) is 16.2. The molecule has 0 heterocycles. The van der Waals surface area contributed by atoms with Gasteiger partial charge in [-0.15, -0.1) is 24.8 Å². The number of hydrogen-bond donors (Lipinski definition) is 0. The summed E-state index contributed by atoms with van der Waals surface area (Å²) < 4.78 is 0. The van der Waals surface area contributed by atoms with Crippen LogP contribution in [0, 0.1) is 6.58 Å². The zero-order valence-corrected chi connectivity index (χ0v) is 8.14. The van der Waals surface area contributed by atoms with Gasteiger partial charge in [0.1, 0.15) is 0 Å². The molecular weight excluding hydrogens is 167 g/mol. The van der Waals surface area contributed by atoms with Crippen molar-refractivity contribution < 1.29 is 0 Å². The van der Waals surface area contributed by atoms with Crippen LogP contribution in [-0.4, -0.2) is 0 Å². The molecule has 63 valence electrons. The van der Waals surface area contributed by atoms with Gasteiger partial charge in [-0.3, -0.25) is 0 Å².